The minimum Gasteiger partial charge on any atom is -0.496 e. The molecule has 144 valence electrons. The van der Waals surface area contributed by atoms with Crippen LogP contribution in [0.25, 0.3) is 0 Å². The molecule has 6 nitrogen and oxygen atoms in total. The lowest BCUT2D eigenvalue weighted by molar-refractivity contribution is -0.136. The largest absolute Gasteiger partial charge is 0.496 e. The predicted molar refractivity (Wildman–Crippen MR) is 100 cm³/mol. The number of benzene rings is 1. The van der Waals surface area contributed by atoms with E-state index in [1.165, 1.54) is 11.8 Å². The van der Waals surface area contributed by atoms with E-state index in [0.717, 1.165) is 25.0 Å². The summed E-state index contributed by atoms with van der Waals surface area (Å²) in [7, 11) is 1.68. The molecule has 1 aliphatic heterocycles. The Morgan fingerprint density at radius 1 is 1.26 bits per heavy atom. The minimum absolute atomic E-state index is 0.131. The molecule has 1 aromatic carbocycles. The summed E-state index contributed by atoms with van der Waals surface area (Å²) in [6, 6.07) is 8.04. The Hall–Kier alpha value is -2.76. The molecule has 0 aliphatic carbocycles. The van der Waals surface area contributed by atoms with Crippen molar-refractivity contribution in [3.63, 3.8) is 0 Å². The fourth-order valence-corrected chi connectivity index (χ4v) is 3.73. The van der Waals surface area contributed by atoms with Gasteiger partial charge >= 0.3 is 5.97 Å². The van der Waals surface area contributed by atoms with Crippen molar-refractivity contribution in [2.24, 2.45) is 5.92 Å². The molecule has 1 N–H and O–H groups in total. The molecule has 27 heavy (non-hydrogen) atoms. The standard InChI is InChI=1S/C21H25NO5/c1-14-13-27-18(12-19(23)24)20(14)21(25)22-9-7-15(8-10-22)11-16-5-3-4-6-17(16)26-2/h3-6,13,15H,7-12H2,1-2H3,(H,23,24). The van der Waals surface area contributed by atoms with Crippen LogP contribution in [-0.4, -0.2) is 42.1 Å². The van der Waals surface area contributed by atoms with Gasteiger partial charge in [-0.2, -0.15) is 0 Å². The van der Waals surface area contributed by atoms with E-state index in [1.54, 1.807) is 14.0 Å². The molecular weight excluding hydrogens is 346 g/mol. The highest BCUT2D eigenvalue weighted by Crippen LogP contribution is 2.28. The highest BCUT2D eigenvalue weighted by molar-refractivity contribution is 5.97. The maximum absolute atomic E-state index is 12.9. The number of carbonyl (C=O) groups excluding carboxylic acids is 1. The number of nitrogens with zero attached hydrogens (tertiary/aromatic N) is 1. The number of aliphatic carboxylic acids is 1. The van der Waals surface area contributed by atoms with Gasteiger partial charge in [0.1, 0.15) is 17.9 Å². The summed E-state index contributed by atoms with van der Waals surface area (Å²) < 4.78 is 10.7. The second kappa shape index (κ2) is 8.29. The van der Waals surface area contributed by atoms with Crippen molar-refractivity contribution in [3.8, 4) is 5.75 Å². The average Bonchev–Trinajstić information content (AvgIpc) is 3.01. The van der Waals surface area contributed by atoms with Crippen LogP contribution >= 0.6 is 0 Å². The van der Waals surface area contributed by atoms with Crippen LogP contribution in [0.3, 0.4) is 0 Å². The predicted octanol–water partition coefficient (Wildman–Crippen LogP) is 3.32. The fourth-order valence-electron chi connectivity index (χ4n) is 3.73. The number of furan rings is 1. The van der Waals surface area contributed by atoms with Crippen molar-refractivity contribution >= 4 is 11.9 Å². The maximum Gasteiger partial charge on any atom is 0.311 e. The van der Waals surface area contributed by atoms with E-state index in [9.17, 15) is 9.59 Å². The van der Waals surface area contributed by atoms with Gasteiger partial charge in [-0.1, -0.05) is 18.2 Å². The maximum atomic E-state index is 12.9. The van der Waals surface area contributed by atoms with Gasteiger partial charge in [-0.25, -0.2) is 0 Å². The summed E-state index contributed by atoms with van der Waals surface area (Å²) in [5, 5.41) is 9.02. The van der Waals surface area contributed by atoms with E-state index in [4.69, 9.17) is 14.3 Å². The van der Waals surface area contributed by atoms with Crippen LogP contribution in [0.1, 0.15) is 40.1 Å². The number of carboxylic acid groups (broad SMARTS) is 1. The minimum atomic E-state index is -1.01. The SMILES string of the molecule is COc1ccccc1CC1CCN(C(=O)c2c(C)coc2CC(=O)O)CC1. The van der Waals surface area contributed by atoms with E-state index in [-0.39, 0.29) is 18.1 Å². The van der Waals surface area contributed by atoms with Crippen molar-refractivity contribution in [1.82, 2.24) is 4.90 Å². The van der Waals surface area contributed by atoms with Crippen molar-refractivity contribution in [3.05, 3.63) is 53.0 Å². The van der Waals surface area contributed by atoms with E-state index in [0.29, 0.717) is 30.1 Å². The molecule has 2 heterocycles. The van der Waals surface area contributed by atoms with Crippen LogP contribution < -0.4 is 4.74 Å². The molecule has 0 saturated carbocycles. The number of aryl methyl sites for hydroxylation is 1. The monoisotopic (exact) mass is 371 g/mol. The summed E-state index contributed by atoms with van der Waals surface area (Å²) in [6.07, 6.45) is 3.93. The molecule has 1 aromatic heterocycles. The second-order valence-corrected chi connectivity index (χ2v) is 7.04. The van der Waals surface area contributed by atoms with Gasteiger partial charge in [-0.3, -0.25) is 9.59 Å². The molecule has 6 heteroatoms. The van der Waals surface area contributed by atoms with E-state index >= 15 is 0 Å². The zero-order chi connectivity index (χ0) is 19.4. The Kier molecular flexibility index (Phi) is 5.84. The third-order valence-corrected chi connectivity index (χ3v) is 5.18. The number of amides is 1. The normalized spacial score (nSPS) is 15.0. The fraction of sp³-hybridized carbons (Fsp3) is 0.429. The number of carboxylic acids is 1. The second-order valence-electron chi connectivity index (χ2n) is 7.04. The van der Waals surface area contributed by atoms with Crippen LogP contribution in [0.15, 0.2) is 34.9 Å². The highest BCUT2D eigenvalue weighted by Gasteiger charge is 2.28. The van der Waals surface area contributed by atoms with Gasteiger partial charge in [0.2, 0.25) is 0 Å². The number of hydrogen-bond donors (Lipinski definition) is 1. The van der Waals surface area contributed by atoms with Gasteiger partial charge in [-0.05, 0) is 43.7 Å². The Labute approximate surface area is 158 Å². The highest BCUT2D eigenvalue weighted by atomic mass is 16.5. The summed E-state index contributed by atoms with van der Waals surface area (Å²) in [6.45, 7) is 3.10. The number of hydrogen-bond acceptors (Lipinski definition) is 4. The number of methoxy groups -OCH3 is 1. The third kappa shape index (κ3) is 4.32. The molecule has 0 bridgehead atoms. The third-order valence-electron chi connectivity index (χ3n) is 5.18. The molecule has 1 aliphatic rings. The zero-order valence-corrected chi connectivity index (χ0v) is 15.7. The van der Waals surface area contributed by atoms with Gasteiger partial charge in [-0.15, -0.1) is 0 Å². The van der Waals surface area contributed by atoms with Crippen molar-refractivity contribution in [2.75, 3.05) is 20.2 Å². The number of likely N-dealkylation sites (tertiary alicyclic amines) is 1. The summed E-state index contributed by atoms with van der Waals surface area (Å²) >= 11 is 0. The Morgan fingerprint density at radius 3 is 2.63 bits per heavy atom. The quantitative estimate of drug-likeness (QED) is 0.843. The first-order valence-corrected chi connectivity index (χ1v) is 9.19. The number of ether oxygens (including phenoxy) is 1. The lowest BCUT2D eigenvalue weighted by Gasteiger charge is -2.32. The molecule has 0 unspecified atom stereocenters. The molecular formula is C21H25NO5. The van der Waals surface area contributed by atoms with Crippen molar-refractivity contribution < 1.29 is 23.8 Å². The molecule has 0 spiro atoms. The van der Waals surface area contributed by atoms with E-state index < -0.39 is 5.97 Å². The number of piperidine rings is 1. The van der Waals surface area contributed by atoms with Gasteiger partial charge in [0.05, 0.1) is 18.9 Å². The van der Waals surface area contributed by atoms with Crippen LogP contribution in [0.4, 0.5) is 0 Å². The Balaban J connectivity index is 1.63. The first kappa shape index (κ1) is 19.0. The smallest absolute Gasteiger partial charge is 0.311 e. The van der Waals surface area contributed by atoms with Gasteiger partial charge in [0, 0.05) is 18.7 Å². The summed E-state index contributed by atoms with van der Waals surface area (Å²) in [4.78, 5) is 25.7. The topological polar surface area (TPSA) is 80.0 Å². The van der Waals surface area contributed by atoms with E-state index in [2.05, 4.69) is 6.07 Å². The first-order chi connectivity index (χ1) is 13.0. The van der Waals surface area contributed by atoms with Gasteiger partial charge in [0.15, 0.2) is 0 Å². The van der Waals surface area contributed by atoms with Gasteiger partial charge in [0.25, 0.3) is 5.91 Å². The lowest BCUT2D eigenvalue weighted by atomic mass is 9.89. The Bertz CT molecular complexity index is 818. The zero-order valence-electron chi connectivity index (χ0n) is 15.7. The van der Waals surface area contributed by atoms with E-state index in [1.807, 2.05) is 23.1 Å². The van der Waals surface area contributed by atoms with Crippen LogP contribution in [0.5, 0.6) is 5.75 Å². The Morgan fingerprint density at radius 2 is 1.96 bits per heavy atom. The molecule has 1 fully saturated rings. The molecule has 0 atom stereocenters. The number of rotatable bonds is 6. The molecule has 0 radical (unpaired) electrons. The van der Waals surface area contributed by atoms with Gasteiger partial charge < -0.3 is 19.2 Å². The number of carbonyl (C=O) groups is 2. The number of para-hydroxylation sites is 1. The summed E-state index contributed by atoms with van der Waals surface area (Å²) in [5.74, 6) is 0.501. The molecule has 1 amide bonds. The molecule has 1 saturated heterocycles. The lowest BCUT2D eigenvalue weighted by Crippen LogP contribution is -2.39. The summed E-state index contributed by atoms with van der Waals surface area (Å²) in [5.41, 5.74) is 2.28. The molecule has 3 rings (SSSR count). The van der Waals surface area contributed by atoms with Crippen LogP contribution in [-0.2, 0) is 17.6 Å². The molecule has 2 aromatic rings. The van der Waals surface area contributed by atoms with Crippen LogP contribution in [0, 0.1) is 12.8 Å². The van der Waals surface area contributed by atoms with Crippen molar-refractivity contribution in [1.29, 1.82) is 0 Å². The first-order valence-electron chi connectivity index (χ1n) is 9.19. The van der Waals surface area contributed by atoms with Crippen molar-refractivity contribution in [2.45, 2.75) is 32.6 Å². The average molecular weight is 371 g/mol. The van der Waals surface area contributed by atoms with Crippen LogP contribution in [0.2, 0.25) is 0 Å².